The molecule has 24 heavy (non-hydrogen) atoms. The number of nitrogen functional groups attached to an aromatic ring is 1. The van der Waals surface area contributed by atoms with Gasteiger partial charge in [-0.3, -0.25) is 9.69 Å². The number of methoxy groups -OCH3 is 1. The minimum Gasteiger partial charge on any atom is -0.399 e. The van der Waals surface area contributed by atoms with Crippen LogP contribution >= 0.6 is 0 Å². The SMILES string of the molecule is COCCN1C(=O)c2cc(N)ccc2N(CCN2CCCC2)C1O. The van der Waals surface area contributed by atoms with Crippen molar-refractivity contribution in [3.8, 4) is 0 Å². The van der Waals surface area contributed by atoms with Gasteiger partial charge in [-0.25, -0.2) is 0 Å². The molecule has 2 aliphatic rings. The number of carbonyl (C=O) groups excluding carboxylic acids is 1. The molecule has 0 spiro atoms. The lowest BCUT2D eigenvalue weighted by atomic mass is 10.1. The van der Waals surface area contributed by atoms with Crippen molar-refractivity contribution < 1.29 is 14.6 Å². The predicted octanol–water partition coefficient (Wildman–Crippen LogP) is 0.549. The molecule has 1 unspecified atom stereocenters. The van der Waals surface area contributed by atoms with Gasteiger partial charge >= 0.3 is 0 Å². The van der Waals surface area contributed by atoms with Gasteiger partial charge in [0.05, 0.1) is 17.9 Å². The first kappa shape index (κ1) is 17.0. The highest BCUT2D eigenvalue weighted by atomic mass is 16.5. The number of rotatable bonds is 6. The highest BCUT2D eigenvalue weighted by Crippen LogP contribution is 2.31. The van der Waals surface area contributed by atoms with Crippen LogP contribution in [-0.4, -0.2) is 73.6 Å². The maximum atomic E-state index is 12.7. The molecule has 0 bridgehead atoms. The maximum Gasteiger partial charge on any atom is 0.259 e. The number of benzene rings is 1. The molecule has 2 heterocycles. The van der Waals surface area contributed by atoms with Gasteiger partial charge in [0.15, 0.2) is 0 Å². The molecular formula is C17H26N4O3. The fourth-order valence-electron chi connectivity index (χ4n) is 3.43. The molecule has 1 saturated heterocycles. The Morgan fingerprint density at radius 1 is 1.21 bits per heavy atom. The summed E-state index contributed by atoms with van der Waals surface area (Å²) in [5.74, 6) is -0.209. The summed E-state index contributed by atoms with van der Waals surface area (Å²) in [4.78, 5) is 18.4. The molecule has 0 radical (unpaired) electrons. The van der Waals surface area contributed by atoms with Crippen molar-refractivity contribution in [2.75, 3.05) is 57.1 Å². The van der Waals surface area contributed by atoms with E-state index in [2.05, 4.69) is 4.90 Å². The van der Waals surface area contributed by atoms with Crippen LogP contribution in [0.5, 0.6) is 0 Å². The van der Waals surface area contributed by atoms with E-state index in [4.69, 9.17) is 10.5 Å². The standard InChI is InChI=1S/C17H26N4O3/c1-24-11-10-21-16(22)14-12-13(18)4-5-15(14)20(17(21)23)9-8-19-6-2-3-7-19/h4-5,12,17,23H,2-3,6-11,18H2,1H3. The molecule has 3 N–H and O–H groups in total. The number of fused-ring (bicyclic) bond motifs is 1. The van der Waals surface area contributed by atoms with Gasteiger partial charge in [-0.15, -0.1) is 0 Å². The number of nitrogens with zero attached hydrogens (tertiary/aromatic N) is 3. The van der Waals surface area contributed by atoms with Crippen molar-refractivity contribution in [2.45, 2.75) is 19.2 Å². The van der Waals surface area contributed by atoms with E-state index in [0.717, 1.165) is 25.3 Å². The number of likely N-dealkylation sites (tertiary alicyclic amines) is 1. The third kappa shape index (κ3) is 3.33. The molecule has 1 aromatic rings. The smallest absolute Gasteiger partial charge is 0.259 e. The molecule has 7 nitrogen and oxygen atoms in total. The second-order valence-corrected chi connectivity index (χ2v) is 6.36. The Morgan fingerprint density at radius 3 is 2.67 bits per heavy atom. The predicted molar refractivity (Wildman–Crippen MR) is 92.8 cm³/mol. The van der Waals surface area contributed by atoms with Crippen molar-refractivity contribution in [3.05, 3.63) is 23.8 Å². The van der Waals surface area contributed by atoms with E-state index in [1.165, 1.54) is 17.7 Å². The second-order valence-electron chi connectivity index (χ2n) is 6.36. The topological polar surface area (TPSA) is 82.3 Å². The molecule has 3 rings (SSSR count). The van der Waals surface area contributed by atoms with Gasteiger partial charge in [0.25, 0.3) is 5.91 Å². The van der Waals surface area contributed by atoms with E-state index in [1.807, 2.05) is 11.0 Å². The number of carbonyl (C=O) groups is 1. The summed E-state index contributed by atoms with van der Waals surface area (Å²) in [6, 6.07) is 5.28. The average molecular weight is 334 g/mol. The van der Waals surface area contributed by atoms with E-state index in [0.29, 0.717) is 30.9 Å². The molecule has 0 aliphatic carbocycles. The lowest BCUT2D eigenvalue weighted by Gasteiger charge is -2.43. The fraction of sp³-hybridized carbons (Fsp3) is 0.588. The highest BCUT2D eigenvalue weighted by molar-refractivity contribution is 6.02. The van der Waals surface area contributed by atoms with Crippen LogP contribution in [-0.2, 0) is 4.74 Å². The van der Waals surface area contributed by atoms with E-state index < -0.39 is 6.35 Å². The van der Waals surface area contributed by atoms with E-state index in [1.54, 1.807) is 19.2 Å². The van der Waals surface area contributed by atoms with Crippen molar-refractivity contribution in [3.63, 3.8) is 0 Å². The number of hydrogen-bond donors (Lipinski definition) is 2. The van der Waals surface area contributed by atoms with Gasteiger partial charge in [0.2, 0.25) is 6.35 Å². The Morgan fingerprint density at radius 2 is 1.96 bits per heavy atom. The molecule has 1 atom stereocenters. The fourth-order valence-corrected chi connectivity index (χ4v) is 3.43. The lowest BCUT2D eigenvalue weighted by molar-refractivity contribution is -0.00810. The Bertz CT molecular complexity index is 589. The van der Waals surface area contributed by atoms with Crippen LogP contribution in [0.2, 0.25) is 0 Å². The van der Waals surface area contributed by atoms with Gasteiger partial charge in [0.1, 0.15) is 0 Å². The third-order valence-electron chi connectivity index (χ3n) is 4.77. The molecule has 0 saturated carbocycles. The Hall–Kier alpha value is -1.83. The van der Waals surface area contributed by atoms with Crippen molar-refractivity contribution in [2.24, 2.45) is 0 Å². The zero-order valence-corrected chi connectivity index (χ0v) is 14.1. The lowest BCUT2D eigenvalue weighted by Crippen LogP contribution is -2.57. The molecule has 132 valence electrons. The summed E-state index contributed by atoms with van der Waals surface area (Å²) in [5, 5.41) is 10.7. The van der Waals surface area contributed by atoms with Crippen molar-refractivity contribution in [1.29, 1.82) is 0 Å². The van der Waals surface area contributed by atoms with Crippen LogP contribution in [0.15, 0.2) is 18.2 Å². The minimum absolute atomic E-state index is 0.209. The number of aliphatic hydroxyl groups excluding tert-OH is 1. The second kappa shape index (κ2) is 7.38. The summed E-state index contributed by atoms with van der Waals surface area (Å²) < 4.78 is 5.07. The zero-order valence-electron chi connectivity index (χ0n) is 14.1. The van der Waals surface area contributed by atoms with Gasteiger partial charge in [0, 0.05) is 32.4 Å². The van der Waals surface area contributed by atoms with Crippen LogP contribution in [0, 0.1) is 0 Å². The summed E-state index contributed by atoms with van der Waals surface area (Å²) in [7, 11) is 1.58. The van der Waals surface area contributed by atoms with Gasteiger partial charge in [-0.2, -0.15) is 0 Å². The molecular weight excluding hydrogens is 308 g/mol. The molecule has 7 heteroatoms. The number of amides is 1. The summed E-state index contributed by atoms with van der Waals surface area (Å²) in [6.07, 6.45) is 1.48. The van der Waals surface area contributed by atoms with Crippen LogP contribution in [0.4, 0.5) is 11.4 Å². The maximum absolute atomic E-state index is 12.7. The Kier molecular flexibility index (Phi) is 5.23. The first-order chi connectivity index (χ1) is 11.6. The van der Waals surface area contributed by atoms with Gasteiger partial charge < -0.3 is 25.4 Å². The number of aliphatic hydroxyl groups is 1. The largest absolute Gasteiger partial charge is 0.399 e. The van der Waals surface area contributed by atoms with Crippen LogP contribution < -0.4 is 10.6 Å². The van der Waals surface area contributed by atoms with E-state index in [-0.39, 0.29) is 5.91 Å². The average Bonchev–Trinajstić information content (AvgIpc) is 3.08. The van der Waals surface area contributed by atoms with E-state index in [9.17, 15) is 9.90 Å². The molecule has 1 amide bonds. The number of anilines is 2. The quantitative estimate of drug-likeness (QED) is 0.740. The van der Waals surface area contributed by atoms with Gasteiger partial charge in [-0.05, 0) is 44.1 Å². The number of ether oxygens (including phenoxy) is 1. The van der Waals surface area contributed by atoms with Crippen molar-refractivity contribution in [1.82, 2.24) is 9.80 Å². The Labute approximate surface area is 142 Å². The van der Waals surface area contributed by atoms with Crippen LogP contribution in [0.1, 0.15) is 23.2 Å². The normalized spacial score (nSPS) is 21.4. The molecule has 2 aliphatic heterocycles. The third-order valence-corrected chi connectivity index (χ3v) is 4.77. The number of hydrogen-bond acceptors (Lipinski definition) is 6. The molecule has 1 fully saturated rings. The first-order valence-electron chi connectivity index (χ1n) is 8.48. The summed E-state index contributed by atoms with van der Waals surface area (Å²) in [5.41, 5.74) is 7.69. The zero-order chi connectivity index (χ0) is 17.1. The Balaban J connectivity index is 1.84. The summed E-state index contributed by atoms with van der Waals surface area (Å²) >= 11 is 0. The van der Waals surface area contributed by atoms with Gasteiger partial charge in [-0.1, -0.05) is 0 Å². The monoisotopic (exact) mass is 334 g/mol. The van der Waals surface area contributed by atoms with Crippen LogP contribution in [0.25, 0.3) is 0 Å². The number of nitrogens with two attached hydrogens (primary N) is 1. The van der Waals surface area contributed by atoms with E-state index >= 15 is 0 Å². The molecule has 0 aromatic heterocycles. The minimum atomic E-state index is -0.980. The highest BCUT2D eigenvalue weighted by Gasteiger charge is 2.36. The van der Waals surface area contributed by atoms with Crippen LogP contribution in [0.3, 0.4) is 0 Å². The van der Waals surface area contributed by atoms with Crippen molar-refractivity contribution >= 4 is 17.3 Å². The molecule has 1 aromatic carbocycles. The first-order valence-corrected chi connectivity index (χ1v) is 8.48. The summed E-state index contributed by atoms with van der Waals surface area (Å²) in [6.45, 7) is 4.45.